The van der Waals surface area contributed by atoms with E-state index in [1.807, 2.05) is 26.0 Å². The number of esters is 1. The normalized spacial score (nSPS) is 14.7. The van der Waals surface area contributed by atoms with Gasteiger partial charge < -0.3 is 10.1 Å². The van der Waals surface area contributed by atoms with Gasteiger partial charge in [0.25, 0.3) is 0 Å². The number of carbonyl (C=O) groups excluding carboxylic acids is 1. The Kier molecular flexibility index (Phi) is 3.25. The molecule has 0 aromatic heterocycles. The van der Waals surface area contributed by atoms with Crippen LogP contribution in [0.25, 0.3) is 0 Å². The maximum Gasteiger partial charge on any atom is 0.338 e. The minimum absolute atomic E-state index is 0.0647. The zero-order valence-corrected chi connectivity index (χ0v) is 9.75. The van der Waals surface area contributed by atoms with Crippen molar-refractivity contribution in [3.63, 3.8) is 0 Å². The van der Waals surface area contributed by atoms with Gasteiger partial charge in [0.05, 0.1) is 11.7 Å². The first-order valence-corrected chi connectivity index (χ1v) is 5.71. The fraction of sp³-hybridized carbons (Fsp3) is 0.462. The van der Waals surface area contributed by atoms with Crippen molar-refractivity contribution >= 4 is 5.97 Å². The van der Waals surface area contributed by atoms with E-state index in [-0.39, 0.29) is 12.1 Å². The third kappa shape index (κ3) is 2.25. The number of ether oxygens (including phenoxy) is 1. The van der Waals surface area contributed by atoms with Gasteiger partial charge in [0.2, 0.25) is 0 Å². The first-order valence-electron chi connectivity index (χ1n) is 5.71. The monoisotopic (exact) mass is 219 g/mol. The average Bonchev–Trinajstić information content (AvgIpc) is 2.27. The molecule has 1 aliphatic rings. The molecule has 0 radical (unpaired) electrons. The summed E-state index contributed by atoms with van der Waals surface area (Å²) < 4.78 is 5.24. The zero-order chi connectivity index (χ0) is 11.5. The van der Waals surface area contributed by atoms with Gasteiger partial charge >= 0.3 is 5.97 Å². The van der Waals surface area contributed by atoms with Gasteiger partial charge in [-0.05, 0) is 44.0 Å². The van der Waals surface area contributed by atoms with Gasteiger partial charge in [0, 0.05) is 6.54 Å². The average molecular weight is 219 g/mol. The summed E-state index contributed by atoms with van der Waals surface area (Å²) in [6.07, 6.45) is 0.837. The number of hydrogen-bond donors (Lipinski definition) is 1. The number of hydrogen-bond acceptors (Lipinski definition) is 3. The molecule has 16 heavy (non-hydrogen) atoms. The summed E-state index contributed by atoms with van der Waals surface area (Å²) in [6, 6.07) is 5.84. The Morgan fingerprint density at radius 1 is 1.44 bits per heavy atom. The first-order chi connectivity index (χ1) is 7.68. The molecular formula is C13H17NO2. The third-order valence-corrected chi connectivity index (χ3v) is 2.70. The highest BCUT2D eigenvalue weighted by molar-refractivity contribution is 5.91. The Hall–Kier alpha value is -1.35. The molecule has 0 amide bonds. The molecule has 0 saturated carbocycles. The summed E-state index contributed by atoms with van der Waals surface area (Å²) in [5, 5.41) is 3.30. The van der Waals surface area contributed by atoms with E-state index in [0.717, 1.165) is 30.6 Å². The van der Waals surface area contributed by atoms with Crippen LogP contribution in [0.1, 0.15) is 35.3 Å². The molecule has 0 fully saturated rings. The Labute approximate surface area is 95.8 Å². The van der Waals surface area contributed by atoms with Crippen molar-refractivity contribution < 1.29 is 9.53 Å². The van der Waals surface area contributed by atoms with Crippen LogP contribution in [0.2, 0.25) is 0 Å². The maximum atomic E-state index is 11.9. The van der Waals surface area contributed by atoms with Crippen LogP contribution in [0.4, 0.5) is 0 Å². The third-order valence-electron chi connectivity index (χ3n) is 2.70. The summed E-state index contributed by atoms with van der Waals surface area (Å²) in [5.41, 5.74) is 3.09. The van der Waals surface area contributed by atoms with E-state index in [1.165, 1.54) is 5.56 Å². The minimum Gasteiger partial charge on any atom is -0.459 e. The van der Waals surface area contributed by atoms with E-state index in [4.69, 9.17) is 4.74 Å². The van der Waals surface area contributed by atoms with E-state index in [1.54, 1.807) is 0 Å². The Morgan fingerprint density at radius 2 is 2.25 bits per heavy atom. The molecule has 1 aromatic carbocycles. The van der Waals surface area contributed by atoms with Gasteiger partial charge in [0.15, 0.2) is 0 Å². The minimum atomic E-state index is -0.200. The Bertz CT molecular complexity index is 399. The maximum absolute atomic E-state index is 11.9. The summed E-state index contributed by atoms with van der Waals surface area (Å²) in [7, 11) is 0. The van der Waals surface area contributed by atoms with Crippen LogP contribution < -0.4 is 5.32 Å². The van der Waals surface area contributed by atoms with Crippen molar-refractivity contribution in [2.45, 2.75) is 32.9 Å². The summed E-state index contributed by atoms with van der Waals surface area (Å²) in [5.74, 6) is -0.200. The van der Waals surface area contributed by atoms with Crippen LogP contribution >= 0.6 is 0 Å². The van der Waals surface area contributed by atoms with Crippen molar-refractivity contribution in [3.05, 3.63) is 34.9 Å². The van der Waals surface area contributed by atoms with Crippen LogP contribution in [0.3, 0.4) is 0 Å². The van der Waals surface area contributed by atoms with Gasteiger partial charge in [0.1, 0.15) is 0 Å². The second kappa shape index (κ2) is 4.66. The van der Waals surface area contributed by atoms with Crippen molar-refractivity contribution in [1.82, 2.24) is 5.32 Å². The second-order valence-electron chi connectivity index (χ2n) is 4.32. The largest absolute Gasteiger partial charge is 0.459 e. The van der Waals surface area contributed by atoms with Crippen molar-refractivity contribution in [1.29, 1.82) is 0 Å². The number of rotatable bonds is 2. The topological polar surface area (TPSA) is 38.3 Å². The molecule has 1 N–H and O–H groups in total. The van der Waals surface area contributed by atoms with E-state index >= 15 is 0 Å². The number of benzene rings is 1. The molecule has 0 aliphatic carbocycles. The standard InChI is InChI=1S/C13H17NO2/c1-9(2)16-13(15)12-5-3-4-10-8-14-7-6-11(10)12/h3-5,9,14H,6-8H2,1-2H3. The van der Waals surface area contributed by atoms with Crippen LogP contribution in [-0.2, 0) is 17.7 Å². The molecule has 3 nitrogen and oxygen atoms in total. The molecule has 0 unspecified atom stereocenters. The molecule has 0 atom stereocenters. The molecule has 1 aromatic rings. The van der Waals surface area contributed by atoms with Crippen LogP contribution in [-0.4, -0.2) is 18.6 Å². The van der Waals surface area contributed by atoms with Crippen LogP contribution in [0.5, 0.6) is 0 Å². The van der Waals surface area contributed by atoms with Crippen molar-refractivity contribution in [2.75, 3.05) is 6.54 Å². The van der Waals surface area contributed by atoms with Gasteiger partial charge in [-0.3, -0.25) is 0 Å². The van der Waals surface area contributed by atoms with Crippen LogP contribution in [0.15, 0.2) is 18.2 Å². The van der Waals surface area contributed by atoms with Gasteiger partial charge in [-0.25, -0.2) is 4.79 Å². The summed E-state index contributed by atoms with van der Waals surface area (Å²) in [4.78, 5) is 11.9. The Balaban J connectivity index is 2.30. The second-order valence-corrected chi connectivity index (χ2v) is 4.32. The molecular weight excluding hydrogens is 202 g/mol. The molecule has 0 bridgehead atoms. The molecule has 3 heteroatoms. The molecule has 1 aliphatic heterocycles. The van der Waals surface area contributed by atoms with Gasteiger partial charge in [-0.2, -0.15) is 0 Å². The summed E-state index contributed by atoms with van der Waals surface area (Å²) in [6.45, 7) is 5.51. The molecule has 1 heterocycles. The molecule has 0 spiro atoms. The van der Waals surface area contributed by atoms with Crippen molar-refractivity contribution in [2.24, 2.45) is 0 Å². The lowest BCUT2D eigenvalue weighted by Gasteiger charge is -2.20. The van der Waals surface area contributed by atoms with Crippen molar-refractivity contribution in [3.8, 4) is 0 Å². The lowest BCUT2D eigenvalue weighted by atomic mass is 9.95. The lowest BCUT2D eigenvalue weighted by Crippen LogP contribution is -2.26. The smallest absolute Gasteiger partial charge is 0.338 e. The fourth-order valence-electron chi connectivity index (χ4n) is 2.00. The van der Waals surface area contributed by atoms with E-state index in [0.29, 0.717) is 0 Å². The van der Waals surface area contributed by atoms with Gasteiger partial charge in [-0.1, -0.05) is 12.1 Å². The summed E-state index contributed by atoms with van der Waals surface area (Å²) >= 11 is 0. The van der Waals surface area contributed by atoms with E-state index < -0.39 is 0 Å². The highest BCUT2D eigenvalue weighted by Gasteiger charge is 2.18. The predicted octanol–water partition coefficient (Wildman–Crippen LogP) is 1.90. The first kappa shape index (κ1) is 11.1. The van der Waals surface area contributed by atoms with E-state index in [9.17, 15) is 4.79 Å². The number of nitrogens with one attached hydrogen (secondary N) is 1. The number of fused-ring (bicyclic) bond motifs is 1. The van der Waals surface area contributed by atoms with Gasteiger partial charge in [-0.15, -0.1) is 0 Å². The molecule has 0 saturated heterocycles. The molecule has 86 valence electrons. The SMILES string of the molecule is CC(C)OC(=O)c1cccc2c1CCNC2. The lowest BCUT2D eigenvalue weighted by molar-refractivity contribution is 0.0376. The predicted molar refractivity (Wildman–Crippen MR) is 62.4 cm³/mol. The zero-order valence-electron chi connectivity index (χ0n) is 9.75. The number of carbonyl (C=O) groups is 1. The molecule has 2 rings (SSSR count). The quantitative estimate of drug-likeness (QED) is 0.772. The highest BCUT2D eigenvalue weighted by atomic mass is 16.5. The fourth-order valence-corrected chi connectivity index (χ4v) is 2.00. The Morgan fingerprint density at radius 3 is 3.00 bits per heavy atom. The highest BCUT2D eigenvalue weighted by Crippen LogP contribution is 2.19. The van der Waals surface area contributed by atoms with Crippen LogP contribution in [0, 0.1) is 0 Å². The van der Waals surface area contributed by atoms with E-state index in [2.05, 4.69) is 11.4 Å².